The summed E-state index contributed by atoms with van der Waals surface area (Å²) in [5.74, 6) is 0. The zero-order valence-corrected chi connectivity index (χ0v) is 9.66. The van der Waals surface area contributed by atoms with E-state index in [1.165, 1.54) is 0 Å². The van der Waals surface area contributed by atoms with Crippen LogP contribution in [-0.2, 0) is 11.2 Å². The third-order valence-corrected chi connectivity index (χ3v) is 3.00. The molecular formula is C11H19N3O2. The van der Waals surface area contributed by atoms with Crippen LogP contribution in [0.15, 0.2) is 10.9 Å². The molecule has 0 aliphatic carbocycles. The highest BCUT2D eigenvalue weighted by Crippen LogP contribution is 2.18. The molecule has 1 aliphatic rings. The summed E-state index contributed by atoms with van der Waals surface area (Å²) in [5.41, 5.74) is 1.09. The summed E-state index contributed by atoms with van der Waals surface area (Å²) in [4.78, 5) is 11.8. The van der Waals surface area contributed by atoms with Crippen LogP contribution >= 0.6 is 0 Å². The fourth-order valence-corrected chi connectivity index (χ4v) is 2.06. The Balaban J connectivity index is 2.08. The van der Waals surface area contributed by atoms with Crippen LogP contribution in [0.1, 0.15) is 24.6 Å². The van der Waals surface area contributed by atoms with E-state index in [0.717, 1.165) is 44.7 Å². The number of aromatic nitrogens is 2. The van der Waals surface area contributed by atoms with Crippen molar-refractivity contribution in [2.45, 2.75) is 25.3 Å². The first kappa shape index (κ1) is 11.4. The molecule has 0 atom stereocenters. The molecule has 0 saturated carbocycles. The Bertz CT molecular complexity index is 377. The normalized spacial score (nSPS) is 17.8. The zero-order chi connectivity index (χ0) is 11.4. The van der Waals surface area contributed by atoms with Gasteiger partial charge < -0.3 is 10.1 Å². The summed E-state index contributed by atoms with van der Waals surface area (Å²) in [5, 5.41) is 6.27. The minimum absolute atomic E-state index is 0.0815. The van der Waals surface area contributed by atoms with Crippen LogP contribution in [0.2, 0.25) is 0 Å². The Kier molecular flexibility index (Phi) is 3.79. The van der Waals surface area contributed by atoms with E-state index >= 15 is 0 Å². The molecule has 1 aromatic rings. The lowest BCUT2D eigenvalue weighted by atomic mass is 10.1. The molecule has 5 nitrogen and oxygen atoms in total. The van der Waals surface area contributed by atoms with Crippen LogP contribution in [0.4, 0.5) is 0 Å². The Hall–Kier alpha value is -1.07. The average Bonchev–Trinajstić information content (AvgIpc) is 2.69. The number of H-pyrrole nitrogens is 1. The van der Waals surface area contributed by atoms with E-state index in [2.05, 4.69) is 10.4 Å². The summed E-state index contributed by atoms with van der Waals surface area (Å²) < 4.78 is 7.05. The van der Waals surface area contributed by atoms with Gasteiger partial charge in [0, 0.05) is 37.9 Å². The molecule has 0 amide bonds. The van der Waals surface area contributed by atoms with Crippen molar-refractivity contribution in [2.75, 3.05) is 26.8 Å². The number of hydrogen-bond donors (Lipinski definition) is 2. The molecule has 5 heteroatoms. The van der Waals surface area contributed by atoms with Gasteiger partial charge >= 0.3 is 0 Å². The number of ether oxygens (including phenoxy) is 1. The third-order valence-electron chi connectivity index (χ3n) is 3.00. The van der Waals surface area contributed by atoms with Crippen molar-refractivity contribution in [2.24, 2.45) is 0 Å². The predicted octanol–water partition coefficient (Wildman–Crippen LogP) is 0.290. The van der Waals surface area contributed by atoms with E-state index in [-0.39, 0.29) is 11.6 Å². The first-order chi connectivity index (χ1) is 7.81. The first-order valence-corrected chi connectivity index (χ1v) is 5.84. The fourth-order valence-electron chi connectivity index (χ4n) is 2.06. The van der Waals surface area contributed by atoms with Crippen molar-refractivity contribution in [3.05, 3.63) is 22.1 Å². The van der Waals surface area contributed by atoms with E-state index < -0.39 is 0 Å². The maximum absolute atomic E-state index is 11.8. The van der Waals surface area contributed by atoms with E-state index in [4.69, 9.17) is 4.74 Å². The summed E-state index contributed by atoms with van der Waals surface area (Å²) in [6.45, 7) is 2.39. The Labute approximate surface area is 94.8 Å². The smallest absolute Gasteiger partial charge is 0.266 e. The minimum atomic E-state index is 0.0815. The number of likely N-dealkylation sites (N-methyl/N-ethyl adjacent to an activating group) is 1. The number of hydrogen-bond acceptors (Lipinski definition) is 3. The number of nitrogens with one attached hydrogen (secondary N) is 2. The summed E-state index contributed by atoms with van der Waals surface area (Å²) in [6, 6.07) is 1.98. The predicted molar refractivity (Wildman–Crippen MR) is 61.8 cm³/mol. The molecular weight excluding hydrogens is 206 g/mol. The van der Waals surface area contributed by atoms with Gasteiger partial charge in [-0.25, -0.2) is 4.68 Å². The first-order valence-electron chi connectivity index (χ1n) is 5.84. The summed E-state index contributed by atoms with van der Waals surface area (Å²) >= 11 is 0. The monoisotopic (exact) mass is 225 g/mol. The highest BCUT2D eigenvalue weighted by molar-refractivity contribution is 5.01. The van der Waals surface area contributed by atoms with Gasteiger partial charge in [0.1, 0.15) is 0 Å². The van der Waals surface area contributed by atoms with Gasteiger partial charge in [0.15, 0.2) is 0 Å². The van der Waals surface area contributed by atoms with Crippen LogP contribution < -0.4 is 10.9 Å². The molecule has 2 rings (SSSR count). The maximum atomic E-state index is 11.8. The van der Waals surface area contributed by atoms with E-state index in [1.807, 2.05) is 7.05 Å². The van der Waals surface area contributed by atoms with Gasteiger partial charge in [0.05, 0.1) is 6.04 Å². The molecule has 1 saturated heterocycles. The van der Waals surface area contributed by atoms with E-state index in [9.17, 15) is 4.79 Å². The zero-order valence-electron chi connectivity index (χ0n) is 9.66. The quantitative estimate of drug-likeness (QED) is 0.774. The molecule has 0 aromatic carbocycles. The molecule has 2 heterocycles. The molecule has 0 spiro atoms. The summed E-state index contributed by atoms with van der Waals surface area (Å²) in [6.07, 6.45) is 2.71. The van der Waals surface area contributed by atoms with Gasteiger partial charge in [-0.2, -0.15) is 0 Å². The molecule has 90 valence electrons. The highest BCUT2D eigenvalue weighted by Gasteiger charge is 2.18. The molecule has 16 heavy (non-hydrogen) atoms. The van der Waals surface area contributed by atoms with E-state index in [1.54, 1.807) is 10.7 Å². The second-order valence-corrected chi connectivity index (χ2v) is 4.19. The maximum Gasteiger partial charge on any atom is 0.266 e. The Morgan fingerprint density at radius 2 is 2.31 bits per heavy atom. The molecule has 0 bridgehead atoms. The van der Waals surface area contributed by atoms with Gasteiger partial charge in [-0.05, 0) is 19.9 Å². The Morgan fingerprint density at radius 1 is 1.56 bits per heavy atom. The van der Waals surface area contributed by atoms with Gasteiger partial charge in [-0.3, -0.25) is 9.89 Å². The van der Waals surface area contributed by atoms with Crippen molar-refractivity contribution in [1.82, 2.24) is 15.1 Å². The molecule has 1 fully saturated rings. The largest absolute Gasteiger partial charge is 0.381 e. The lowest BCUT2D eigenvalue weighted by Crippen LogP contribution is -2.27. The van der Waals surface area contributed by atoms with Gasteiger partial charge in [0.2, 0.25) is 0 Å². The van der Waals surface area contributed by atoms with Crippen molar-refractivity contribution >= 4 is 0 Å². The van der Waals surface area contributed by atoms with Crippen molar-refractivity contribution < 1.29 is 4.74 Å². The molecule has 1 aromatic heterocycles. The topological polar surface area (TPSA) is 59.1 Å². The van der Waals surface area contributed by atoms with Gasteiger partial charge in [-0.15, -0.1) is 0 Å². The van der Waals surface area contributed by atoms with Gasteiger partial charge in [0.25, 0.3) is 5.56 Å². The molecule has 0 unspecified atom stereocenters. The number of aromatic amines is 1. The lowest BCUT2D eigenvalue weighted by Gasteiger charge is -2.22. The second-order valence-electron chi connectivity index (χ2n) is 4.19. The van der Waals surface area contributed by atoms with Crippen LogP contribution in [0, 0.1) is 0 Å². The van der Waals surface area contributed by atoms with Crippen LogP contribution in [0.3, 0.4) is 0 Å². The number of nitrogens with zero attached hydrogens (tertiary/aromatic N) is 1. The molecule has 0 radical (unpaired) electrons. The lowest BCUT2D eigenvalue weighted by molar-refractivity contribution is 0.0652. The van der Waals surface area contributed by atoms with Crippen LogP contribution in [0.5, 0.6) is 0 Å². The minimum Gasteiger partial charge on any atom is -0.381 e. The van der Waals surface area contributed by atoms with Crippen LogP contribution in [-0.4, -0.2) is 36.6 Å². The SMILES string of the molecule is CNCCc1cc(=O)n(C2CCOCC2)[nH]1. The standard InChI is InChI=1S/C11H19N3O2/c1-12-5-2-9-8-11(15)14(13-9)10-3-6-16-7-4-10/h8,10,12-13H,2-7H2,1H3. The Morgan fingerprint density at radius 3 is 3.00 bits per heavy atom. The van der Waals surface area contributed by atoms with Crippen molar-refractivity contribution in [3.8, 4) is 0 Å². The molecule has 1 aliphatic heterocycles. The average molecular weight is 225 g/mol. The number of rotatable bonds is 4. The summed E-state index contributed by atoms with van der Waals surface area (Å²) in [7, 11) is 1.91. The third kappa shape index (κ3) is 2.54. The highest BCUT2D eigenvalue weighted by atomic mass is 16.5. The van der Waals surface area contributed by atoms with E-state index in [0.29, 0.717) is 0 Å². The van der Waals surface area contributed by atoms with Crippen molar-refractivity contribution in [1.29, 1.82) is 0 Å². The molecule has 2 N–H and O–H groups in total. The van der Waals surface area contributed by atoms with Crippen LogP contribution in [0.25, 0.3) is 0 Å². The van der Waals surface area contributed by atoms with Crippen molar-refractivity contribution in [3.63, 3.8) is 0 Å². The fraction of sp³-hybridized carbons (Fsp3) is 0.727. The second kappa shape index (κ2) is 5.32. The van der Waals surface area contributed by atoms with Gasteiger partial charge in [-0.1, -0.05) is 0 Å².